The van der Waals surface area contributed by atoms with Crippen molar-refractivity contribution >= 4 is 41.5 Å². The van der Waals surface area contributed by atoms with E-state index in [2.05, 4.69) is 60.9 Å². The van der Waals surface area contributed by atoms with Crippen LogP contribution >= 0.6 is 24.0 Å². The number of nitrogens with zero attached hydrogens (tertiary/aromatic N) is 5. The van der Waals surface area contributed by atoms with Crippen molar-refractivity contribution in [2.24, 2.45) is 4.99 Å². The number of rotatable bonds is 7. The number of hydrogen-bond acceptors (Lipinski definition) is 4. The van der Waals surface area contributed by atoms with Gasteiger partial charge in [-0.25, -0.2) is 0 Å². The van der Waals surface area contributed by atoms with Crippen LogP contribution in [0.4, 0.5) is 5.69 Å². The molecule has 0 spiro atoms. The van der Waals surface area contributed by atoms with E-state index in [-0.39, 0.29) is 36.4 Å². The Morgan fingerprint density at radius 1 is 1.00 bits per heavy atom. The first-order valence-corrected chi connectivity index (χ1v) is 11.3. The highest BCUT2D eigenvalue weighted by Crippen LogP contribution is 2.12. The fraction of sp³-hybridized carbons (Fsp3) is 0.320. The van der Waals surface area contributed by atoms with Crippen LogP contribution in [0.5, 0.6) is 0 Å². The minimum atomic E-state index is -0.104. The number of hydrogen-bond donors (Lipinski definition) is 2. The molecular weight excluding hydrogens is 541 g/mol. The second-order valence-corrected chi connectivity index (χ2v) is 8.10. The fourth-order valence-corrected chi connectivity index (χ4v) is 3.97. The van der Waals surface area contributed by atoms with Crippen molar-refractivity contribution < 1.29 is 4.79 Å². The summed E-state index contributed by atoms with van der Waals surface area (Å²) in [5, 5.41) is 10.5. The first kappa shape index (κ1) is 25.7. The van der Waals surface area contributed by atoms with E-state index >= 15 is 0 Å². The molecule has 0 atom stereocenters. The van der Waals surface area contributed by atoms with E-state index in [1.54, 1.807) is 23.1 Å². The SMILES string of the molecule is CN=C(NCc1cccc(NC(=O)Cn2cccn2)c1)N1CCN(Cc2ccccc2)CC1.I. The molecule has 0 saturated carbocycles. The highest BCUT2D eigenvalue weighted by atomic mass is 127. The zero-order chi connectivity index (χ0) is 22.9. The van der Waals surface area contributed by atoms with E-state index in [0.29, 0.717) is 6.54 Å². The Balaban J connectivity index is 0.00000324. The predicted octanol–water partition coefficient (Wildman–Crippen LogP) is 3.03. The average molecular weight is 573 g/mol. The summed E-state index contributed by atoms with van der Waals surface area (Å²) in [6, 6.07) is 20.3. The quantitative estimate of drug-likeness (QED) is 0.258. The first-order valence-electron chi connectivity index (χ1n) is 11.3. The molecule has 0 unspecified atom stereocenters. The summed E-state index contributed by atoms with van der Waals surface area (Å²) >= 11 is 0. The highest BCUT2D eigenvalue weighted by Gasteiger charge is 2.19. The van der Waals surface area contributed by atoms with Gasteiger partial charge in [-0.15, -0.1) is 24.0 Å². The molecule has 1 amide bonds. The zero-order valence-electron chi connectivity index (χ0n) is 19.4. The normalized spacial score (nSPS) is 14.4. The number of aliphatic imine (C=N–C) groups is 1. The summed E-state index contributed by atoms with van der Waals surface area (Å²) < 4.78 is 1.60. The lowest BCUT2D eigenvalue weighted by Crippen LogP contribution is -2.52. The molecule has 1 saturated heterocycles. The van der Waals surface area contributed by atoms with Crippen LogP contribution in [0.1, 0.15) is 11.1 Å². The van der Waals surface area contributed by atoms with Gasteiger partial charge in [-0.1, -0.05) is 42.5 Å². The van der Waals surface area contributed by atoms with Crippen LogP contribution < -0.4 is 10.6 Å². The number of aromatic nitrogens is 2. The van der Waals surface area contributed by atoms with Crippen molar-refractivity contribution in [3.63, 3.8) is 0 Å². The number of nitrogens with one attached hydrogen (secondary N) is 2. The maximum Gasteiger partial charge on any atom is 0.246 e. The average Bonchev–Trinajstić information content (AvgIpc) is 3.34. The van der Waals surface area contributed by atoms with E-state index < -0.39 is 0 Å². The van der Waals surface area contributed by atoms with Gasteiger partial charge < -0.3 is 15.5 Å². The largest absolute Gasteiger partial charge is 0.352 e. The second-order valence-electron chi connectivity index (χ2n) is 8.10. The summed E-state index contributed by atoms with van der Waals surface area (Å²) in [6.45, 7) is 5.71. The van der Waals surface area contributed by atoms with Gasteiger partial charge in [0.15, 0.2) is 5.96 Å². The summed E-state index contributed by atoms with van der Waals surface area (Å²) in [6.07, 6.45) is 3.43. The summed E-state index contributed by atoms with van der Waals surface area (Å²) in [7, 11) is 1.82. The Kier molecular flexibility index (Phi) is 9.89. The van der Waals surface area contributed by atoms with Gasteiger partial charge in [0, 0.05) is 64.4 Å². The lowest BCUT2D eigenvalue weighted by atomic mass is 10.2. The van der Waals surface area contributed by atoms with E-state index in [0.717, 1.165) is 49.9 Å². The molecule has 8 nitrogen and oxygen atoms in total. The van der Waals surface area contributed by atoms with Crippen LogP contribution in [-0.4, -0.2) is 64.7 Å². The van der Waals surface area contributed by atoms with Crippen molar-refractivity contribution in [2.45, 2.75) is 19.6 Å². The number of carbonyl (C=O) groups excluding carboxylic acids is 1. The van der Waals surface area contributed by atoms with Crippen LogP contribution in [0, 0.1) is 0 Å². The smallest absolute Gasteiger partial charge is 0.246 e. The van der Waals surface area contributed by atoms with Gasteiger partial charge in [-0.3, -0.25) is 19.4 Å². The predicted molar refractivity (Wildman–Crippen MR) is 146 cm³/mol. The Labute approximate surface area is 218 Å². The lowest BCUT2D eigenvalue weighted by molar-refractivity contribution is -0.116. The number of carbonyl (C=O) groups is 1. The molecule has 2 aromatic carbocycles. The Hall–Kier alpha value is -2.92. The summed E-state index contributed by atoms with van der Waals surface area (Å²) in [5.41, 5.74) is 3.21. The molecule has 2 heterocycles. The number of anilines is 1. The minimum absolute atomic E-state index is 0. The molecule has 0 radical (unpaired) electrons. The molecule has 34 heavy (non-hydrogen) atoms. The van der Waals surface area contributed by atoms with Gasteiger partial charge in [0.25, 0.3) is 0 Å². The van der Waals surface area contributed by atoms with Gasteiger partial charge in [0.2, 0.25) is 5.91 Å². The molecule has 1 aliphatic heterocycles. The number of amides is 1. The Morgan fingerprint density at radius 3 is 2.47 bits per heavy atom. The maximum absolute atomic E-state index is 12.2. The number of halogens is 1. The molecule has 180 valence electrons. The van der Waals surface area contributed by atoms with E-state index in [4.69, 9.17) is 0 Å². The van der Waals surface area contributed by atoms with Gasteiger partial charge in [-0.2, -0.15) is 5.10 Å². The van der Waals surface area contributed by atoms with Crippen molar-refractivity contribution in [3.8, 4) is 0 Å². The van der Waals surface area contributed by atoms with E-state index in [1.807, 2.05) is 31.3 Å². The minimum Gasteiger partial charge on any atom is -0.352 e. The Morgan fingerprint density at radius 2 is 1.76 bits per heavy atom. The lowest BCUT2D eigenvalue weighted by Gasteiger charge is -2.36. The van der Waals surface area contributed by atoms with Crippen LogP contribution in [0.25, 0.3) is 0 Å². The van der Waals surface area contributed by atoms with Gasteiger partial charge >= 0.3 is 0 Å². The van der Waals surface area contributed by atoms with Gasteiger partial charge in [-0.05, 0) is 29.3 Å². The molecule has 1 aromatic heterocycles. The van der Waals surface area contributed by atoms with E-state index in [1.165, 1.54) is 5.56 Å². The number of guanidine groups is 1. The van der Waals surface area contributed by atoms with Crippen LogP contribution in [0.3, 0.4) is 0 Å². The molecule has 9 heteroatoms. The monoisotopic (exact) mass is 573 g/mol. The van der Waals surface area contributed by atoms with Crippen molar-refractivity contribution in [2.75, 3.05) is 38.5 Å². The van der Waals surface area contributed by atoms with Crippen LogP contribution in [0.15, 0.2) is 78.0 Å². The molecule has 1 fully saturated rings. The molecular formula is C25H32IN7O. The molecule has 0 bridgehead atoms. The van der Waals surface area contributed by atoms with Crippen LogP contribution in [-0.2, 0) is 24.4 Å². The number of benzene rings is 2. The van der Waals surface area contributed by atoms with Crippen LogP contribution in [0.2, 0.25) is 0 Å². The second kappa shape index (κ2) is 13.1. The third-order valence-electron chi connectivity index (χ3n) is 5.66. The fourth-order valence-electron chi connectivity index (χ4n) is 3.97. The summed E-state index contributed by atoms with van der Waals surface area (Å²) in [4.78, 5) is 21.5. The van der Waals surface area contributed by atoms with Gasteiger partial charge in [0.05, 0.1) is 0 Å². The van der Waals surface area contributed by atoms with Crippen molar-refractivity contribution in [3.05, 3.63) is 84.2 Å². The topological polar surface area (TPSA) is 77.8 Å². The molecule has 3 aromatic rings. The third-order valence-corrected chi connectivity index (χ3v) is 5.66. The van der Waals surface area contributed by atoms with Crippen molar-refractivity contribution in [1.29, 1.82) is 0 Å². The van der Waals surface area contributed by atoms with Gasteiger partial charge in [0.1, 0.15) is 6.54 Å². The maximum atomic E-state index is 12.2. The standard InChI is InChI=1S/C25H31N7O.HI/c1-26-25(31-15-13-30(14-16-31)19-21-7-3-2-4-8-21)27-18-22-9-5-10-23(17-22)29-24(33)20-32-12-6-11-28-32;/h2-12,17H,13-16,18-20H2,1H3,(H,26,27)(H,29,33);1H. The zero-order valence-corrected chi connectivity index (χ0v) is 21.8. The molecule has 4 rings (SSSR count). The third kappa shape index (κ3) is 7.56. The molecule has 2 N–H and O–H groups in total. The summed E-state index contributed by atoms with van der Waals surface area (Å²) in [5.74, 6) is 0.801. The first-order chi connectivity index (χ1) is 16.2. The van der Waals surface area contributed by atoms with E-state index in [9.17, 15) is 4.79 Å². The molecule has 1 aliphatic rings. The number of piperazine rings is 1. The molecule has 0 aliphatic carbocycles. The Bertz CT molecular complexity index is 1050. The highest BCUT2D eigenvalue weighted by molar-refractivity contribution is 14.0. The van der Waals surface area contributed by atoms with Crippen molar-refractivity contribution in [1.82, 2.24) is 24.9 Å².